The Hall–Kier alpha value is -1.07. The Bertz CT molecular complexity index is 314. The van der Waals surface area contributed by atoms with E-state index in [0.717, 1.165) is 10.2 Å². The largest absolute Gasteiger partial charge is 0.492 e. The van der Waals surface area contributed by atoms with Crippen LogP contribution in [-0.4, -0.2) is 25.6 Å². The van der Waals surface area contributed by atoms with Crippen molar-refractivity contribution in [3.63, 3.8) is 0 Å². The lowest BCUT2D eigenvalue weighted by molar-refractivity contribution is -0.117. The number of carbonyl (C=O) groups is 1. The highest BCUT2D eigenvalue weighted by Gasteiger charge is 1.94. The van der Waals surface area contributed by atoms with Crippen LogP contribution in [0.25, 0.3) is 0 Å². The number of nitrogens with two attached hydrogens (primary N) is 1. The summed E-state index contributed by atoms with van der Waals surface area (Å²) < 4.78 is 6.42. The van der Waals surface area contributed by atoms with Gasteiger partial charge in [-0.3, -0.25) is 4.79 Å². The van der Waals surface area contributed by atoms with Crippen molar-refractivity contribution in [2.75, 3.05) is 19.7 Å². The Morgan fingerprint density at radius 3 is 2.67 bits per heavy atom. The first-order chi connectivity index (χ1) is 7.18. The number of nitrogens with one attached hydrogen (secondary N) is 1. The van der Waals surface area contributed by atoms with Crippen molar-refractivity contribution in [3.8, 4) is 5.75 Å². The van der Waals surface area contributed by atoms with E-state index in [4.69, 9.17) is 10.5 Å². The molecule has 0 unspecified atom stereocenters. The Morgan fingerprint density at radius 2 is 2.07 bits per heavy atom. The summed E-state index contributed by atoms with van der Waals surface area (Å²) >= 11 is 3.34. The van der Waals surface area contributed by atoms with Gasteiger partial charge >= 0.3 is 0 Å². The van der Waals surface area contributed by atoms with Gasteiger partial charge in [-0.05, 0) is 24.3 Å². The maximum absolute atomic E-state index is 10.4. The quantitative estimate of drug-likeness (QED) is 0.757. The SMILES string of the molecule is NC(=O)CNCCOc1ccc(Br)cc1. The number of rotatable bonds is 6. The second-order valence-electron chi connectivity index (χ2n) is 2.95. The average molecular weight is 273 g/mol. The first-order valence-corrected chi connectivity index (χ1v) is 5.35. The van der Waals surface area contributed by atoms with Crippen molar-refractivity contribution in [3.05, 3.63) is 28.7 Å². The molecule has 0 fully saturated rings. The molecular formula is C10H13BrN2O2. The van der Waals surface area contributed by atoms with Crippen LogP contribution in [0.5, 0.6) is 5.75 Å². The van der Waals surface area contributed by atoms with Crippen LogP contribution in [0.4, 0.5) is 0 Å². The first kappa shape index (κ1) is 12.0. The molecule has 5 heteroatoms. The lowest BCUT2D eigenvalue weighted by Crippen LogP contribution is -2.31. The first-order valence-electron chi connectivity index (χ1n) is 4.56. The van der Waals surface area contributed by atoms with Gasteiger partial charge in [0.15, 0.2) is 0 Å². The molecule has 82 valence electrons. The van der Waals surface area contributed by atoms with Gasteiger partial charge in [0.2, 0.25) is 5.91 Å². The van der Waals surface area contributed by atoms with Gasteiger partial charge in [-0.25, -0.2) is 0 Å². The molecule has 0 saturated heterocycles. The lowest BCUT2D eigenvalue weighted by atomic mass is 10.3. The zero-order valence-corrected chi connectivity index (χ0v) is 9.79. The Morgan fingerprint density at radius 1 is 1.40 bits per heavy atom. The molecule has 0 aliphatic carbocycles. The summed E-state index contributed by atoms with van der Waals surface area (Å²) in [6, 6.07) is 7.56. The van der Waals surface area contributed by atoms with Crippen LogP contribution in [0.2, 0.25) is 0 Å². The van der Waals surface area contributed by atoms with E-state index in [1.165, 1.54) is 0 Å². The molecule has 0 radical (unpaired) electrons. The summed E-state index contributed by atoms with van der Waals surface area (Å²) in [6.45, 7) is 1.29. The normalized spacial score (nSPS) is 9.93. The highest BCUT2D eigenvalue weighted by atomic mass is 79.9. The van der Waals surface area contributed by atoms with Crippen molar-refractivity contribution in [1.82, 2.24) is 5.32 Å². The summed E-state index contributed by atoms with van der Waals surface area (Å²) in [5, 5.41) is 2.86. The third-order valence-corrected chi connectivity index (χ3v) is 2.19. The summed E-state index contributed by atoms with van der Waals surface area (Å²) in [5.74, 6) is 0.442. The number of ether oxygens (including phenoxy) is 1. The molecule has 1 amide bonds. The fraction of sp³-hybridized carbons (Fsp3) is 0.300. The average Bonchev–Trinajstić information content (AvgIpc) is 2.20. The van der Waals surface area contributed by atoms with Crippen LogP contribution in [0.3, 0.4) is 0 Å². The van der Waals surface area contributed by atoms with Crippen molar-refractivity contribution in [2.24, 2.45) is 5.73 Å². The molecule has 0 aliphatic heterocycles. The molecule has 0 aromatic heterocycles. The van der Waals surface area contributed by atoms with E-state index in [2.05, 4.69) is 21.2 Å². The van der Waals surface area contributed by atoms with Gasteiger partial charge in [0.1, 0.15) is 12.4 Å². The van der Waals surface area contributed by atoms with E-state index in [1.54, 1.807) is 0 Å². The van der Waals surface area contributed by atoms with E-state index < -0.39 is 0 Å². The summed E-state index contributed by atoms with van der Waals surface area (Å²) in [4.78, 5) is 10.4. The van der Waals surface area contributed by atoms with E-state index in [9.17, 15) is 4.79 Å². The second-order valence-corrected chi connectivity index (χ2v) is 3.86. The maximum Gasteiger partial charge on any atom is 0.231 e. The Labute approximate surface area is 96.9 Å². The minimum atomic E-state index is -0.362. The molecule has 0 aliphatic rings. The fourth-order valence-electron chi connectivity index (χ4n) is 0.983. The van der Waals surface area contributed by atoms with Crippen molar-refractivity contribution in [1.29, 1.82) is 0 Å². The smallest absolute Gasteiger partial charge is 0.231 e. The summed E-state index contributed by atoms with van der Waals surface area (Å²) in [5.41, 5.74) is 4.95. The van der Waals surface area contributed by atoms with Crippen LogP contribution in [0.15, 0.2) is 28.7 Å². The number of primary amides is 1. The van der Waals surface area contributed by atoms with Crippen LogP contribution in [0.1, 0.15) is 0 Å². The molecule has 0 saturated carbocycles. The molecule has 1 rings (SSSR count). The minimum Gasteiger partial charge on any atom is -0.492 e. The highest BCUT2D eigenvalue weighted by molar-refractivity contribution is 9.10. The number of benzene rings is 1. The second kappa shape index (κ2) is 6.42. The molecule has 0 heterocycles. The van der Waals surface area contributed by atoms with Gasteiger partial charge < -0.3 is 15.8 Å². The van der Waals surface area contributed by atoms with E-state index in [0.29, 0.717) is 13.2 Å². The summed E-state index contributed by atoms with van der Waals surface area (Å²) in [6.07, 6.45) is 0. The predicted octanol–water partition coefficient (Wildman–Crippen LogP) is 0.903. The fourth-order valence-corrected chi connectivity index (χ4v) is 1.25. The van der Waals surface area contributed by atoms with E-state index in [1.807, 2.05) is 24.3 Å². The number of hydrogen-bond acceptors (Lipinski definition) is 3. The molecule has 4 nitrogen and oxygen atoms in total. The van der Waals surface area contributed by atoms with Gasteiger partial charge in [-0.1, -0.05) is 15.9 Å². The van der Waals surface area contributed by atoms with Gasteiger partial charge in [0.25, 0.3) is 0 Å². The van der Waals surface area contributed by atoms with Crippen LogP contribution < -0.4 is 15.8 Å². The molecule has 3 N–H and O–H groups in total. The molecule has 0 atom stereocenters. The third-order valence-electron chi connectivity index (χ3n) is 1.66. The number of amides is 1. The number of hydrogen-bond donors (Lipinski definition) is 2. The van der Waals surface area contributed by atoms with Crippen LogP contribution in [-0.2, 0) is 4.79 Å². The molecule has 1 aromatic rings. The van der Waals surface area contributed by atoms with Gasteiger partial charge in [0.05, 0.1) is 6.54 Å². The zero-order chi connectivity index (χ0) is 11.1. The van der Waals surface area contributed by atoms with Crippen molar-refractivity contribution in [2.45, 2.75) is 0 Å². The Balaban J connectivity index is 2.15. The standard InChI is InChI=1S/C10H13BrN2O2/c11-8-1-3-9(4-2-8)15-6-5-13-7-10(12)14/h1-4,13H,5-7H2,(H2,12,14). The molecule has 1 aromatic carbocycles. The molecule has 0 bridgehead atoms. The van der Waals surface area contributed by atoms with Gasteiger partial charge in [-0.15, -0.1) is 0 Å². The monoisotopic (exact) mass is 272 g/mol. The van der Waals surface area contributed by atoms with Crippen molar-refractivity contribution < 1.29 is 9.53 Å². The predicted molar refractivity (Wildman–Crippen MR) is 61.7 cm³/mol. The maximum atomic E-state index is 10.4. The van der Waals surface area contributed by atoms with Crippen LogP contribution in [0, 0.1) is 0 Å². The number of halogens is 1. The highest BCUT2D eigenvalue weighted by Crippen LogP contribution is 2.15. The van der Waals surface area contributed by atoms with Crippen LogP contribution >= 0.6 is 15.9 Å². The minimum absolute atomic E-state index is 0.184. The molecular weight excluding hydrogens is 260 g/mol. The summed E-state index contributed by atoms with van der Waals surface area (Å²) in [7, 11) is 0. The van der Waals surface area contributed by atoms with E-state index in [-0.39, 0.29) is 12.5 Å². The number of carbonyl (C=O) groups excluding carboxylic acids is 1. The van der Waals surface area contributed by atoms with Gasteiger partial charge in [-0.2, -0.15) is 0 Å². The van der Waals surface area contributed by atoms with E-state index >= 15 is 0 Å². The topological polar surface area (TPSA) is 64.4 Å². The van der Waals surface area contributed by atoms with Gasteiger partial charge in [0, 0.05) is 11.0 Å². The van der Waals surface area contributed by atoms with Crippen molar-refractivity contribution >= 4 is 21.8 Å². The third kappa shape index (κ3) is 5.39. The Kier molecular flexibility index (Phi) is 5.14. The molecule has 15 heavy (non-hydrogen) atoms. The zero-order valence-electron chi connectivity index (χ0n) is 8.20. The lowest BCUT2D eigenvalue weighted by Gasteiger charge is -2.06. The molecule has 0 spiro atoms.